The van der Waals surface area contributed by atoms with Crippen LogP contribution in [0.15, 0.2) is 54.9 Å². The molecule has 0 aliphatic carbocycles. The van der Waals surface area contributed by atoms with Crippen LogP contribution >= 0.6 is 0 Å². The van der Waals surface area contributed by atoms with Crippen molar-refractivity contribution < 1.29 is 9.47 Å². The second-order valence-corrected chi connectivity index (χ2v) is 7.73. The van der Waals surface area contributed by atoms with Crippen LogP contribution in [-0.4, -0.2) is 34.4 Å². The van der Waals surface area contributed by atoms with Crippen molar-refractivity contribution >= 4 is 27.8 Å². The Balaban J connectivity index is 1.66. The lowest BCUT2D eigenvalue weighted by Gasteiger charge is -2.20. The van der Waals surface area contributed by atoms with Crippen LogP contribution < -0.4 is 10.5 Å². The van der Waals surface area contributed by atoms with Crippen molar-refractivity contribution in [2.75, 3.05) is 25.6 Å². The number of unbranched alkanes of at least 4 members (excludes halogenated alkanes) is 1. The van der Waals surface area contributed by atoms with Crippen molar-refractivity contribution in [2.24, 2.45) is 0 Å². The van der Waals surface area contributed by atoms with Crippen LogP contribution in [0.25, 0.3) is 21.9 Å². The number of pyridine rings is 1. The van der Waals surface area contributed by atoms with E-state index in [2.05, 4.69) is 39.7 Å². The predicted octanol–water partition coefficient (Wildman–Crippen LogP) is 5.17. The zero-order chi connectivity index (χ0) is 21.6. The van der Waals surface area contributed by atoms with Gasteiger partial charge < -0.3 is 19.8 Å². The fourth-order valence-corrected chi connectivity index (χ4v) is 3.87. The minimum atomic E-state index is 0.0852. The van der Waals surface area contributed by atoms with Gasteiger partial charge in [0.05, 0.1) is 36.6 Å². The molecule has 0 aliphatic heterocycles. The fraction of sp³-hybridized carbons (Fsp3) is 0.360. The Morgan fingerprint density at radius 2 is 1.87 bits per heavy atom. The van der Waals surface area contributed by atoms with E-state index in [9.17, 15) is 0 Å². The standard InChI is InChI=1S/C25H30N4O2/c1-3-5-14-31-20-12-10-18(11-13-20)15-19(16-30-4-2)29-17-27-23-24(29)21-8-6-7-9-22(21)28-25(23)26/h6-13,17,19H,3-5,14-16H2,1-2H3,(H2,26,28)/t19-/m0/s1. The number of nitrogen functional groups attached to an aromatic ring is 1. The molecule has 2 N–H and O–H groups in total. The molecule has 6 heteroatoms. The summed E-state index contributed by atoms with van der Waals surface area (Å²) in [5.74, 6) is 1.37. The molecular weight excluding hydrogens is 388 g/mol. The Hall–Kier alpha value is -3.12. The van der Waals surface area contributed by atoms with Gasteiger partial charge in [0.1, 0.15) is 11.3 Å². The average Bonchev–Trinajstić information content (AvgIpc) is 3.24. The highest BCUT2D eigenvalue weighted by molar-refractivity contribution is 6.06. The van der Waals surface area contributed by atoms with Crippen molar-refractivity contribution in [3.8, 4) is 5.75 Å². The van der Waals surface area contributed by atoms with Gasteiger partial charge in [0.25, 0.3) is 0 Å². The number of hydrogen-bond donors (Lipinski definition) is 1. The van der Waals surface area contributed by atoms with Gasteiger partial charge in [-0.15, -0.1) is 0 Å². The molecule has 0 saturated heterocycles. The first-order valence-electron chi connectivity index (χ1n) is 11.0. The molecule has 0 aliphatic rings. The number of anilines is 1. The molecule has 0 fully saturated rings. The maximum absolute atomic E-state index is 6.22. The lowest BCUT2D eigenvalue weighted by atomic mass is 10.1. The Morgan fingerprint density at radius 1 is 1.06 bits per heavy atom. The third-order valence-corrected chi connectivity index (χ3v) is 5.51. The summed E-state index contributed by atoms with van der Waals surface area (Å²) in [6.07, 6.45) is 4.88. The first kappa shape index (κ1) is 21.1. The normalized spacial score (nSPS) is 12.5. The molecule has 2 aromatic heterocycles. The second kappa shape index (κ2) is 9.79. The van der Waals surface area contributed by atoms with Gasteiger partial charge in [-0.25, -0.2) is 9.97 Å². The largest absolute Gasteiger partial charge is 0.494 e. The molecule has 0 spiro atoms. The molecular formula is C25H30N4O2. The number of nitrogens with zero attached hydrogens (tertiary/aromatic N) is 3. The lowest BCUT2D eigenvalue weighted by Crippen LogP contribution is -2.18. The highest BCUT2D eigenvalue weighted by atomic mass is 16.5. The van der Waals surface area contributed by atoms with Crippen molar-refractivity contribution in [3.63, 3.8) is 0 Å². The average molecular weight is 419 g/mol. The number of rotatable bonds is 10. The minimum Gasteiger partial charge on any atom is -0.494 e. The third-order valence-electron chi connectivity index (χ3n) is 5.51. The van der Waals surface area contributed by atoms with Crippen LogP contribution in [0.2, 0.25) is 0 Å². The van der Waals surface area contributed by atoms with Gasteiger partial charge in [0.2, 0.25) is 0 Å². The summed E-state index contributed by atoms with van der Waals surface area (Å²) in [6, 6.07) is 16.5. The summed E-state index contributed by atoms with van der Waals surface area (Å²) in [4.78, 5) is 9.11. The lowest BCUT2D eigenvalue weighted by molar-refractivity contribution is 0.114. The van der Waals surface area contributed by atoms with E-state index in [1.54, 1.807) is 0 Å². The Labute approximate surface area is 183 Å². The number of aromatic nitrogens is 3. The molecule has 0 unspecified atom stereocenters. The quantitative estimate of drug-likeness (QED) is 0.360. The molecule has 0 amide bonds. The van der Waals surface area contributed by atoms with Gasteiger partial charge in [0, 0.05) is 12.0 Å². The summed E-state index contributed by atoms with van der Waals surface area (Å²) in [5.41, 5.74) is 10.1. The van der Waals surface area contributed by atoms with Crippen molar-refractivity contribution in [1.82, 2.24) is 14.5 Å². The maximum Gasteiger partial charge on any atom is 0.152 e. The molecule has 31 heavy (non-hydrogen) atoms. The fourth-order valence-electron chi connectivity index (χ4n) is 3.87. The summed E-state index contributed by atoms with van der Waals surface area (Å²) < 4.78 is 13.8. The van der Waals surface area contributed by atoms with Gasteiger partial charge in [-0.3, -0.25) is 0 Å². The Bertz CT molecular complexity index is 1140. The molecule has 0 radical (unpaired) electrons. The number of nitrogens with two attached hydrogens (primary N) is 1. The van der Waals surface area contributed by atoms with Crippen molar-refractivity contribution in [1.29, 1.82) is 0 Å². The Morgan fingerprint density at radius 3 is 2.65 bits per heavy atom. The Kier molecular flexibility index (Phi) is 6.67. The van der Waals surface area contributed by atoms with Crippen LogP contribution in [0.4, 0.5) is 5.82 Å². The SMILES string of the molecule is CCCCOc1ccc(C[C@@H](COCC)n2cnc3c(N)nc4ccccc4c32)cc1. The summed E-state index contributed by atoms with van der Waals surface area (Å²) in [5, 5.41) is 1.05. The summed E-state index contributed by atoms with van der Waals surface area (Å²) in [7, 11) is 0. The molecule has 2 heterocycles. The smallest absolute Gasteiger partial charge is 0.152 e. The molecule has 4 rings (SSSR count). The minimum absolute atomic E-state index is 0.0852. The number of fused-ring (bicyclic) bond motifs is 3. The summed E-state index contributed by atoms with van der Waals surface area (Å²) in [6.45, 7) is 6.19. The maximum atomic E-state index is 6.22. The first-order valence-corrected chi connectivity index (χ1v) is 11.0. The highest BCUT2D eigenvalue weighted by Gasteiger charge is 2.19. The van der Waals surface area contributed by atoms with E-state index in [0.29, 0.717) is 19.0 Å². The van der Waals surface area contributed by atoms with E-state index in [1.165, 1.54) is 5.56 Å². The van der Waals surface area contributed by atoms with Gasteiger partial charge in [0.15, 0.2) is 5.82 Å². The molecule has 6 nitrogen and oxygen atoms in total. The highest BCUT2D eigenvalue weighted by Crippen LogP contribution is 2.30. The number of imidazole rings is 1. The number of ether oxygens (including phenoxy) is 2. The van der Waals surface area contributed by atoms with Gasteiger partial charge in [-0.1, -0.05) is 43.7 Å². The van der Waals surface area contributed by atoms with Crippen LogP contribution in [-0.2, 0) is 11.2 Å². The van der Waals surface area contributed by atoms with Gasteiger partial charge in [-0.05, 0) is 43.5 Å². The van der Waals surface area contributed by atoms with E-state index in [4.69, 9.17) is 15.2 Å². The van der Waals surface area contributed by atoms with Crippen LogP contribution in [0.5, 0.6) is 5.75 Å². The topological polar surface area (TPSA) is 75.2 Å². The molecule has 2 aromatic carbocycles. The van der Waals surface area contributed by atoms with Crippen LogP contribution in [0.1, 0.15) is 38.3 Å². The van der Waals surface area contributed by atoms with E-state index >= 15 is 0 Å². The molecule has 4 aromatic rings. The molecule has 1 atom stereocenters. The molecule has 162 valence electrons. The monoisotopic (exact) mass is 418 g/mol. The molecule has 0 saturated carbocycles. The zero-order valence-electron chi connectivity index (χ0n) is 18.3. The second-order valence-electron chi connectivity index (χ2n) is 7.73. The van der Waals surface area contributed by atoms with E-state index in [1.807, 2.05) is 43.6 Å². The predicted molar refractivity (Wildman–Crippen MR) is 126 cm³/mol. The number of hydrogen-bond acceptors (Lipinski definition) is 5. The van der Waals surface area contributed by atoms with Crippen LogP contribution in [0.3, 0.4) is 0 Å². The molecule has 0 bridgehead atoms. The van der Waals surface area contributed by atoms with E-state index in [0.717, 1.165) is 53.6 Å². The van der Waals surface area contributed by atoms with Gasteiger partial charge in [-0.2, -0.15) is 0 Å². The van der Waals surface area contributed by atoms with Crippen LogP contribution in [0, 0.1) is 0 Å². The number of benzene rings is 2. The van der Waals surface area contributed by atoms with E-state index in [-0.39, 0.29) is 6.04 Å². The third kappa shape index (κ3) is 4.64. The number of para-hydroxylation sites is 1. The van der Waals surface area contributed by atoms with Crippen molar-refractivity contribution in [2.45, 2.75) is 39.2 Å². The summed E-state index contributed by atoms with van der Waals surface area (Å²) >= 11 is 0. The first-order chi connectivity index (χ1) is 15.2. The van der Waals surface area contributed by atoms with Gasteiger partial charge >= 0.3 is 0 Å². The zero-order valence-corrected chi connectivity index (χ0v) is 18.3. The van der Waals surface area contributed by atoms with Crippen molar-refractivity contribution in [3.05, 3.63) is 60.4 Å². The van der Waals surface area contributed by atoms with E-state index < -0.39 is 0 Å².